The first-order valence-corrected chi connectivity index (χ1v) is 6.91. The minimum absolute atomic E-state index is 0.117. The number of carbonyl (C=O) groups excluding carboxylic acids is 1. The van der Waals surface area contributed by atoms with Gasteiger partial charge in [-0.1, -0.05) is 23.2 Å². The molecule has 0 aliphatic rings. The molecule has 0 saturated heterocycles. The second kappa shape index (κ2) is 9.07. The van der Waals surface area contributed by atoms with Crippen molar-refractivity contribution in [2.45, 2.75) is 6.04 Å². The number of hydrogen-bond acceptors (Lipinski definition) is 5. The van der Waals surface area contributed by atoms with Crippen molar-refractivity contribution in [3.05, 3.63) is 22.2 Å². The van der Waals surface area contributed by atoms with E-state index in [1.807, 2.05) is 0 Å². The van der Waals surface area contributed by atoms with E-state index < -0.39 is 11.9 Å². The minimum Gasteiger partial charge on any atom is -0.488 e. The lowest BCUT2D eigenvalue weighted by molar-refractivity contribution is -0.118. The zero-order chi connectivity index (χ0) is 15.8. The number of rotatable bonds is 8. The van der Waals surface area contributed by atoms with Gasteiger partial charge in [0.05, 0.1) is 23.3 Å². The van der Waals surface area contributed by atoms with Gasteiger partial charge < -0.3 is 25.3 Å². The first kappa shape index (κ1) is 18.0. The van der Waals surface area contributed by atoms with Crippen molar-refractivity contribution in [3.63, 3.8) is 0 Å². The van der Waals surface area contributed by atoms with Gasteiger partial charge >= 0.3 is 0 Å². The van der Waals surface area contributed by atoms with Crippen LogP contribution in [0.1, 0.15) is 0 Å². The summed E-state index contributed by atoms with van der Waals surface area (Å²) in [5.74, 6) is -0.0494. The molecule has 6 nitrogen and oxygen atoms in total. The molecule has 0 saturated carbocycles. The van der Waals surface area contributed by atoms with Gasteiger partial charge in [-0.25, -0.2) is 0 Å². The van der Waals surface area contributed by atoms with Crippen LogP contribution in [-0.4, -0.2) is 46.0 Å². The monoisotopic (exact) mass is 336 g/mol. The molecule has 1 amide bonds. The molecular formula is C13H18Cl2N2O4. The maximum Gasteiger partial charge on any atom is 0.243 e. The Kier molecular flexibility index (Phi) is 7.77. The minimum atomic E-state index is -0.773. The number of carbonyl (C=O) groups is 1. The van der Waals surface area contributed by atoms with Gasteiger partial charge in [0, 0.05) is 19.9 Å². The molecule has 0 aromatic heterocycles. The Hall–Kier alpha value is -1.05. The standard InChI is InChI=1S/C13H18Cl2N2O4/c1-19-3-4-21-12-9(14)5-8(6-10(12)15)17-13(18)11(16)7-20-2/h5-6,11H,3-4,7,16H2,1-2H3,(H,17,18). The van der Waals surface area contributed by atoms with E-state index in [4.69, 9.17) is 43.1 Å². The molecule has 0 heterocycles. The quantitative estimate of drug-likeness (QED) is 0.709. The summed E-state index contributed by atoms with van der Waals surface area (Å²) in [6, 6.07) is 2.30. The van der Waals surface area contributed by atoms with Gasteiger partial charge in [-0.05, 0) is 12.1 Å². The number of ether oxygens (including phenoxy) is 3. The lowest BCUT2D eigenvalue weighted by atomic mass is 10.2. The van der Waals surface area contributed by atoms with E-state index in [9.17, 15) is 4.79 Å². The lowest BCUT2D eigenvalue weighted by Gasteiger charge is -2.14. The third kappa shape index (κ3) is 5.68. The van der Waals surface area contributed by atoms with Gasteiger partial charge in [-0.15, -0.1) is 0 Å². The Morgan fingerprint density at radius 2 is 1.86 bits per heavy atom. The van der Waals surface area contributed by atoms with Crippen molar-refractivity contribution in [2.24, 2.45) is 5.73 Å². The van der Waals surface area contributed by atoms with Gasteiger partial charge in [0.1, 0.15) is 12.6 Å². The van der Waals surface area contributed by atoms with E-state index in [2.05, 4.69) is 5.32 Å². The number of nitrogens with one attached hydrogen (secondary N) is 1. The number of hydrogen-bond donors (Lipinski definition) is 2. The van der Waals surface area contributed by atoms with Crippen LogP contribution in [0.4, 0.5) is 5.69 Å². The molecule has 118 valence electrons. The number of benzene rings is 1. The smallest absolute Gasteiger partial charge is 0.243 e. The first-order valence-electron chi connectivity index (χ1n) is 6.15. The van der Waals surface area contributed by atoms with Gasteiger partial charge in [-0.3, -0.25) is 4.79 Å². The molecule has 8 heteroatoms. The number of nitrogens with two attached hydrogens (primary N) is 1. The highest BCUT2D eigenvalue weighted by Gasteiger charge is 2.15. The number of halogens is 2. The van der Waals surface area contributed by atoms with Crippen molar-refractivity contribution in [2.75, 3.05) is 39.4 Å². The van der Waals surface area contributed by atoms with Crippen LogP contribution in [0.3, 0.4) is 0 Å². The van der Waals surface area contributed by atoms with Gasteiger partial charge in [-0.2, -0.15) is 0 Å². The highest BCUT2D eigenvalue weighted by molar-refractivity contribution is 6.37. The Balaban J connectivity index is 2.76. The summed E-state index contributed by atoms with van der Waals surface area (Å²) in [6.45, 7) is 0.850. The van der Waals surface area contributed by atoms with E-state index in [1.165, 1.54) is 19.2 Å². The zero-order valence-corrected chi connectivity index (χ0v) is 13.3. The van der Waals surface area contributed by atoms with Gasteiger partial charge in [0.25, 0.3) is 0 Å². The van der Waals surface area contributed by atoms with E-state index in [-0.39, 0.29) is 16.7 Å². The van der Waals surface area contributed by atoms with Crippen LogP contribution >= 0.6 is 23.2 Å². The first-order chi connectivity index (χ1) is 9.99. The Bertz CT molecular complexity index is 462. The normalized spacial score (nSPS) is 12.0. The summed E-state index contributed by atoms with van der Waals surface area (Å²) in [6.07, 6.45) is 0. The van der Waals surface area contributed by atoms with E-state index in [0.717, 1.165) is 0 Å². The van der Waals surface area contributed by atoms with E-state index in [0.29, 0.717) is 24.7 Å². The summed E-state index contributed by atoms with van der Waals surface area (Å²) in [5.41, 5.74) is 6.05. The molecule has 3 N–H and O–H groups in total. The van der Waals surface area contributed by atoms with Gasteiger partial charge in [0.2, 0.25) is 5.91 Å². The number of anilines is 1. The largest absolute Gasteiger partial charge is 0.488 e. The molecule has 0 fully saturated rings. The molecule has 1 aromatic rings. The topological polar surface area (TPSA) is 82.8 Å². The third-order valence-electron chi connectivity index (χ3n) is 2.48. The highest BCUT2D eigenvalue weighted by atomic mass is 35.5. The van der Waals surface area contributed by atoms with Crippen molar-refractivity contribution < 1.29 is 19.0 Å². The Morgan fingerprint density at radius 3 is 2.38 bits per heavy atom. The molecule has 1 atom stereocenters. The second-order valence-corrected chi connectivity index (χ2v) is 4.98. The van der Waals surface area contributed by atoms with Crippen molar-refractivity contribution in [1.29, 1.82) is 0 Å². The molecule has 1 rings (SSSR count). The fourth-order valence-electron chi connectivity index (χ4n) is 1.49. The predicted octanol–water partition coefficient (Wildman–Crippen LogP) is 1.93. The highest BCUT2D eigenvalue weighted by Crippen LogP contribution is 2.36. The van der Waals surface area contributed by atoms with Crippen LogP contribution in [0.5, 0.6) is 5.75 Å². The Labute approximate surface area is 133 Å². The molecule has 0 bridgehead atoms. The van der Waals surface area contributed by atoms with Crippen molar-refractivity contribution in [1.82, 2.24) is 0 Å². The fraction of sp³-hybridized carbons (Fsp3) is 0.462. The van der Waals surface area contributed by atoms with Crippen LogP contribution in [0.2, 0.25) is 10.0 Å². The average Bonchev–Trinajstić information content (AvgIpc) is 2.42. The summed E-state index contributed by atoms with van der Waals surface area (Å²) in [4.78, 5) is 11.8. The molecule has 1 aromatic carbocycles. The predicted molar refractivity (Wildman–Crippen MR) is 82.3 cm³/mol. The maximum absolute atomic E-state index is 11.8. The zero-order valence-electron chi connectivity index (χ0n) is 11.8. The fourth-order valence-corrected chi connectivity index (χ4v) is 2.08. The van der Waals surface area contributed by atoms with Crippen molar-refractivity contribution >= 4 is 34.8 Å². The number of amides is 1. The second-order valence-electron chi connectivity index (χ2n) is 4.16. The summed E-state index contributed by atoms with van der Waals surface area (Å²) in [7, 11) is 3.03. The van der Waals surface area contributed by atoms with Crippen LogP contribution in [0, 0.1) is 0 Å². The number of methoxy groups -OCH3 is 2. The van der Waals surface area contributed by atoms with Gasteiger partial charge in [0.15, 0.2) is 5.75 Å². The molecular weight excluding hydrogens is 319 g/mol. The van der Waals surface area contributed by atoms with Crippen LogP contribution in [0.25, 0.3) is 0 Å². The Morgan fingerprint density at radius 1 is 1.24 bits per heavy atom. The van der Waals surface area contributed by atoms with Crippen molar-refractivity contribution in [3.8, 4) is 5.75 Å². The lowest BCUT2D eigenvalue weighted by Crippen LogP contribution is -2.39. The van der Waals surface area contributed by atoms with Crippen LogP contribution in [0.15, 0.2) is 12.1 Å². The third-order valence-corrected chi connectivity index (χ3v) is 3.04. The van der Waals surface area contributed by atoms with Crippen LogP contribution in [-0.2, 0) is 14.3 Å². The molecule has 21 heavy (non-hydrogen) atoms. The van der Waals surface area contributed by atoms with Crippen LogP contribution < -0.4 is 15.8 Å². The SMILES string of the molecule is COCCOc1c(Cl)cc(NC(=O)C(N)COC)cc1Cl. The maximum atomic E-state index is 11.8. The molecule has 0 radical (unpaired) electrons. The van der Waals surface area contributed by atoms with E-state index >= 15 is 0 Å². The molecule has 0 aliphatic heterocycles. The van der Waals surface area contributed by atoms with E-state index in [1.54, 1.807) is 7.11 Å². The molecule has 1 unspecified atom stereocenters. The summed E-state index contributed by atoms with van der Waals surface area (Å²) in [5, 5.41) is 3.18. The average molecular weight is 337 g/mol. The molecule has 0 spiro atoms. The summed E-state index contributed by atoms with van der Waals surface area (Å²) < 4.78 is 15.1. The summed E-state index contributed by atoms with van der Waals surface area (Å²) >= 11 is 12.2. The molecule has 0 aliphatic carbocycles.